The number of aromatic nitrogens is 1. The van der Waals surface area contributed by atoms with Crippen LogP contribution in [-0.4, -0.2) is 29.0 Å². The van der Waals surface area contributed by atoms with Crippen LogP contribution < -0.4 is 5.32 Å². The lowest BCUT2D eigenvalue weighted by atomic mass is 10.1. The second-order valence-corrected chi connectivity index (χ2v) is 6.51. The first-order valence-electron chi connectivity index (χ1n) is 9.03. The van der Waals surface area contributed by atoms with Gasteiger partial charge in [-0.25, -0.2) is 4.79 Å². The molecule has 1 heterocycles. The van der Waals surface area contributed by atoms with Gasteiger partial charge in [0.05, 0.1) is 18.1 Å². The van der Waals surface area contributed by atoms with Gasteiger partial charge >= 0.3 is 12.2 Å². The second-order valence-electron chi connectivity index (χ2n) is 6.51. The number of aromatic amines is 1. The second kappa shape index (κ2) is 8.69. The Kier molecular flexibility index (Phi) is 6.07. The van der Waals surface area contributed by atoms with Crippen LogP contribution >= 0.6 is 0 Å². The zero-order chi connectivity index (χ0) is 20.9. The average Bonchev–Trinajstić information content (AvgIpc) is 3.11. The number of alkyl halides is 3. The molecule has 0 bridgehead atoms. The monoisotopic (exact) mass is 400 g/mol. The van der Waals surface area contributed by atoms with Gasteiger partial charge < -0.3 is 15.2 Å². The third-order valence-electron chi connectivity index (χ3n) is 4.57. The van der Waals surface area contributed by atoms with Gasteiger partial charge in [-0.05, 0) is 42.3 Å². The Bertz CT molecular complexity index is 1020. The van der Waals surface area contributed by atoms with Crippen LogP contribution in [0.25, 0.3) is 10.9 Å². The third kappa shape index (κ3) is 5.08. The molecule has 0 aliphatic rings. The van der Waals surface area contributed by atoms with Gasteiger partial charge in [-0.1, -0.05) is 18.2 Å². The van der Waals surface area contributed by atoms with Crippen molar-refractivity contribution in [1.82, 2.24) is 9.88 Å². The number of hydrogen-bond acceptors (Lipinski definition) is 2. The maximum atomic E-state index is 12.7. The summed E-state index contributed by atoms with van der Waals surface area (Å²) < 4.78 is 38.0. The van der Waals surface area contributed by atoms with Crippen molar-refractivity contribution in [3.63, 3.8) is 0 Å². The van der Waals surface area contributed by atoms with E-state index in [2.05, 4.69) is 10.3 Å². The van der Waals surface area contributed by atoms with Gasteiger partial charge in [-0.3, -0.25) is 0 Å². The normalized spacial score (nSPS) is 11.2. The van der Waals surface area contributed by atoms with Gasteiger partial charge in [-0.2, -0.15) is 18.4 Å². The molecule has 0 saturated carbocycles. The van der Waals surface area contributed by atoms with Crippen LogP contribution in [0.2, 0.25) is 0 Å². The average molecular weight is 400 g/mol. The lowest BCUT2D eigenvalue weighted by Crippen LogP contribution is -2.37. The minimum atomic E-state index is -4.43. The summed E-state index contributed by atoms with van der Waals surface area (Å²) in [4.78, 5) is 17.3. The van der Waals surface area contributed by atoms with Gasteiger partial charge in [-0.15, -0.1) is 0 Å². The van der Waals surface area contributed by atoms with E-state index in [0.717, 1.165) is 28.6 Å². The number of nitrogens with one attached hydrogen (secondary N) is 2. The highest BCUT2D eigenvalue weighted by Gasteiger charge is 2.30. The number of fused-ring (bicyclic) bond motifs is 1. The van der Waals surface area contributed by atoms with Crippen LogP contribution in [0.4, 0.5) is 23.7 Å². The zero-order valence-corrected chi connectivity index (χ0v) is 15.5. The number of nitriles is 1. The summed E-state index contributed by atoms with van der Waals surface area (Å²) in [6.45, 7) is 0.599. The van der Waals surface area contributed by atoms with Crippen LogP contribution in [0.1, 0.15) is 17.5 Å². The number of halogens is 3. The van der Waals surface area contributed by atoms with Crippen molar-refractivity contribution in [2.75, 3.05) is 18.4 Å². The molecule has 150 valence electrons. The highest BCUT2D eigenvalue weighted by atomic mass is 19.4. The quantitative estimate of drug-likeness (QED) is 0.599. The zero-order valence-electron chi connectivity index (χ0n) is 15.5. The fourth-order valence-electron chi connectivity index (χ4n) is 3.04. The molecule has 3 rings (SSSR count). The van der Waals surface area contributed by atoms with E-state index in [1.165, 1.54) is 17.0 Å². The highest BCUT2D eigenvalue weighted by molar-refractivity contribution is 5.89. The number of carbonyl (C=O) groups excluding carboxylic acids is 1. The minimum absolute atomic E-state index is 0.161. The summed E-state index contributed by atoms with van der Waals surface area (Å²) in [5.74, 6) is 0. The largest absolute Gasteiger partial charge is 0.416 e. The molecule has 0 aliphatic heterocycles. The summed E-state index contributed by atoms with van der Waals surface area (Å²) in [5, 5.41) is 12.5. The Balaban J connectivity index is 1.67. The molecule has 3 aromatic rings. The first-order valence-corrected chi connectivity index (χ1v) is 9.03. The molecule has 1 aromatic heterocycles. The number of carbonyl (C=O) groups is 1. The van der Waals surface area contributed by atoms with Crippen molar-refractivity contribution in [3.8, 4) is 6.07 Å². The Labute approximate surface area is 165 Å². The first-order chi connectivity index (χ1) is 13.9. The van der Waals surface area contributed by atoms with Crippen molar-refractivity contribution in [3.05, 3.63) is 65.9 Å². The molecular weight excluding hydrogens is 381 g/mol. The molecule has 2 amide bonds. The van der Waals surface area contributed by atoms with E-state index >= 15 is 0 Å². The van der Waals surface area contributed by atoms with Gasteiger partial charge in [0.2, 0.25) is 0 Å². The fraction of sp³-hybridized carbons (Fsp3) is 0.238. The fourth-order valence-corrected chi connectivity index (χ4v) is 3.04. The van der Waals surface area contributed by atoms with E-state index in [9.17, 15) is 18.0 Å². The van der Waals surface area contributed by atoms with Crippen LogP contribution in [0.15, 0.2) is 54.7 Å². The molecule has 5 nitrogen and oxygen atoms in total. The molecule has 0 atom stereocenters. The molecule has 0 fully saturated rings. The smallest absolute Gasteiger partial charge is 0.361 e. The number of amides is 2. The van der Waals surface area contributed by atoms with E-state index < -0.39 is 17.8 Å². The standard InChI is InChI=1S/C21H19F3N4O/c22-21(23,24)16-6-8-17(9-7-16)27-20(29)28(12-3-11-25)13-10-15-14-26-19-5-2-1-4-18(15)19/h1-2,4-9,14,26H,3,10,12-13H2,(H,27,29). The number of rotatable bonds is 6. The SMILES string of the molecule is N#CCCN(CCc1c[nH]c2ccccc12)C(=O)Nc1ccc(C(F)(F)F)cc1. The van der Waals surface area contributed by atoms with Crippen LogP contribution in [-0.2, 0) is 12.6 Å². The molecule has 0 unspecified atom stereocenters. The van der Waals surface area contributed by atoms with Gasteiger partial charge in [0.1, 0.15) is 0 Å². The van der Waals surface area contributed by atoms with Gasteiger partial charge in [0, 0.05) is 35.9 Å². The van der Waals surface area contributed by atoms with E-state index in [4.69, 9.17) is 5.26 Å². The van der Waals surface area contributed by atoms with Crippen LogP contribution in [0, 0.1) is 11.3 Å². The minimum Gasteiger partial charge on any atom is -0.361 e. The Morgan fingerprint density at radius 2 is 1.83 bits per heavy atom. The summed E-state index contributed by atoms with van der Waals surface area (Å²) in [6.07, 6.45) is -1.80. The van der Waals surface area contributed by atoms with Crippen LogP contribution in [0.3, 0.4) is 0 Å². The molecule has 2 aromatic carbocycles. The lowest BCUT2D eigenvalue weighted by molar-refractivity contribution is -0.137. The number of para-hydroxylation sites is 1. The van der Waals surface area contributed by atoms with Crippen molar-refractivity contribution >= 4 is 22.6 Å². The Hall–Kier alpha value is -3.47. The number of anilines is 1. The van der Waals surface area contributed by atoms with Gasteiger partial charge in [0.15, 0.2) is 0 Å². The first kappa shape index (κ1) is 20.3. The molecule has 8 heteroatoms. The molecule has 29 heavy (non-hydrogen) atoms. The number of urea groups is 1. The van der Waals surface area contributed by atoms with E-state index in [1.54, 1.807) is 0 Å². The highest BCUT2D eigenvalue weighted by Crippen LogP contribution is 2.29. The molecule has 0 spiro atoms. The predicted molar refractivity (Wildman–Crippen MR) is 104 cm³/mol. The Morgan fingerprint density at radius 1 is 1.10 bits per heavy atom. The molecule has 0 aliphatic carbocycles. The maximum absolute atomic E-state index is 12.7. The van der Waals surface area contributed by atoms with Gasteiger partial charge in [0.25, 0.3) is 0 Å². The summed E-state index contributed by atoms with van der Waals surface area (Å²) in [7, 11) is 0. The molecule has 2 N–H and O–H groups in total. The van der Waals surface area contributed by atoms with E-state index in [0.29, 0.717) is 13.0 Å². The predicted octanol–water partition coefficient (Wildman–Crippen LogP) is 5.18. The number of nitrogens with zero attached hydrogens (tertiary/aromatic N) is 2. The maximum Gasteiger partial charge on any atom is 0.416 e. The van der Waals surface area contributed by atoms with Crippen molar-refractivity contribution in [1.29, 1.82) is 5.26 Å². The van der Waals surface area contributed by atoms with Crippen molar-refractivity contribution in [2.45, 2.75) is 19.0 Å². The lowest BCUT2D eigenvalue weighted by Gasteiger charge is -2.22. The molecule has 0 saturated heterocycles. The van der Waals surface area contributed by atoms with E-state index in [-0.39, 0.29) is 18.7 Å². The molecule has 0 radical (unpaired) electrons. The molecular formula is C21H19F3N4O. The topological polar surface area (TPSA) is 71.9 Å². The number of H-pyrrole nitrogens is 1. The van der Waals surface area contributed by atoms with E-state index in [1.807, 2.05) is 36.5 Å². The summed E-state index contributed by atoms with van der Waals surface area (Å²) in [5.41, 5.74) is 1.53. The number of benzene rings is 2. The number of hydrogen-bond donors (Lipinski definition) is 2. The summed E-state index contributed by atoms with van der Waals surface area (Å²) in [6, 6.07) is 13.6. The summed E-state index contributed by atoms with van der Waals surface area (Å²) >= 11 is 0. The van der Waals surface area contributed by atoms with Crippen LogP contribution in [0.5, 0.6) is 0 Å². The van der Waals surface area contributed by atoms with Crippen molar-refractivity contribution < 1.29 is 18.0 Å². The van der Waals surface area contributed by atoms with Crippen molar-refractivity contribution in [2.24, 2.45) is 0 Å². The Morgan fingerprint density at radius 3 is 2.52 bits per heavy atom. The third-order valence-corrected chi connectivity index (χ3v) is 4.57.